The van der Waals surface area contributed by atoms with Crippen molar-refractivity contribution < 1.29 is 9.59 Å². The summed E-state index contributed by atoms with van der Waals surface area (Å²) >= 11 is 0. The van der Waals surface area contributed by atoms with Crippen molar-refractivity contribution in [2.75, 3.05) is 0 Å². The zero-order chi connectivity index (χ0) is 16.4. The molecule has 5 heteroatoms. The second-order valence-electron chi connectivity index (χ2n) is 7.01. The molecule has 3 rings (SSSR count). The summed E-state index contributed by atoms with van der Waals surface area (Å²) in [5.74, 6) is -0.450. The number of hydrogen-bond acceptors (Lipinski definition) is 4. The van der Waals surface area contributed by atoms with Gasteiger partial charge in [-0.05, 0) is 31.1 Å². The molecule has 0 saturated heterocycles. The fourth-order valence-corrected chi connectivity index (χ4v) is 4.35. The first-order chi connectivity index (χ1) is 11.1. The Bertz CT molecular complexity index is 643. The highest BCUT2D eigenvalue weighted by molar-refractivity contribution is 6.11. The molecule has 2 aliphatic rings. The first kappa shape index (κ1) is 15.9. The maximum absolute atomic E-state index is 12.8. The number of rotatable bonds is 4. The molecule has 0 N–H and O–H groups in total. The van der Waals surface area contributed by atoms with Gasteiger partial charge in [0.2, 0.25) is 5.78 Å². The number of hydrogen-bond donors (Lipinski definition) is 0. The van der Waals surface area contributed by atoms with Crippen LogP contribution in [0.1, 0.15) is 55.6 Å². The largest absolute Gasteiger partial charge is 0.332 e. The van der Waals surface area contributed by atoms with E-state index in [4.69, 9.17) is 0 Å². The van der Waals surface area contributed by atoms with Crippen molar-refractivity contribution in [3.63, 3.8) is 0 Å². The van der Waals surface area contributed by atoms with Crippen LogP contribution in [0.3, 0.4) is 0 Å². The Kier molecular flexibility index (Phi) is 4.61. The number of carbonyl (C=O) groups is 2. The van der Waals surface area contributed by atoms with Gasteiger partial charge < -0.3 is 4.57 Å². The fourth-order valence-electron chi connectivity index (χ4n) is 4.35. The van der Waals surface area contributed by atoms with E-state index in [0.717, 1.165) is 25.2 Å². The van der Waals surface area contributed by atoms with Crippen molar-refractivity contribution in [2.24, 2.45) is 30.7 Å². The second kappa shape index (κ2) is 6.66. The average molecular weight is 313 g/mol. The molecule has 2 aliphatic carbocycles. The third-order valence-corrected chi connectivity index (χ3v) is 5.66. The Hall–Kier alpha value is -1.96. The number of nitrogens with zero attached hydrogens (tertiary/aromatic N) is 3. The van der Waals surface area contributed by atoms with Crippen LogP contribution in [0.25, 0.3) is 0 Å². The molecule has 1 heterocycles. The minimum absolute atomic E-state index is 0.136. The van der Waals surface area contributed by atoms with Crippen LogP contribution in [-0.4, -0.2) is 21.1 Å². The van der Waals surface area contributed by atoms with Crippen molar-refractivity contribution in [3.8, 4) is 6.07 Å². The average Bonchev–Trinajstić information content (AvgIpc) is 3.00. The smallest absolute Gasteiger partial charge is 0.222 e. The molecule has 5 nitrogen and oxygen atoms in total. The molecule has 122 valence electrons. The molecule has 0 amide bonds. The predicted octanol–water partition coefficient (Wildman–Crippen LogP) is 2.92. The van der Waals surface area contributed by atoms with Crippen molar-refractivity contribution in [1.29, 1.82) is 5.26 Å². The highest BCUT2D eigenvalue weighted by Crippen LogP contribution is 2.43. The summed E-state index contributed by atoms with van der Waals surface area (Å²) in [6.07, 6.45) is 10.9. The lowest BCUT2D eigenvalue weighted by atomic mass is 9.65. The van der Waals surface area contributed by atoms with Gasteiger partial charge in [0.15, 0.2) is 17.5 Å². The molecule has 0 radical (unpaired) electrons. The summed E-state index contributed by atoms with van der Waals surface area (Å²) in [6.45, 7) is 0. The van der Waals surface area contributed by atoms with Crippen LogP contribution in [-0.2, 0) is 11.8 Å². The minimum atomic E-state index is -1.21. The van der Waals surface area contributed by atoms with Crippen molar-refractivity contribution in [2.45, 2.75) is 44.9 Å². The highest BCUT2D eigenvalue weighted by atomic mass is 16.2. The van der Waals surface area contributed by atoms with Crippen molar-refractivity contribution >= 4 is 11.6 Å². The van der Waals surface area contributed by atoms with Gasteiger partial charge in [0.25, 0.3) is 0 Å². The van der Waals surface area contributed by atoms with Gasteiger partial charge in [0.1, 0.15) is 0 Å². The van der Waals surface area contributed by atoms with Gasteiger partial charge in [-0.2, -0.15) is 5.26 Å². The van der Waals surface area contributed by atoms with Crippen LogP contribution in [0.15, 0.2) is 12.4 Å². The third-order valence-electron chi connectivity index (χ3n) is 5.66. The first-order valence-electron chi connectivity index (χ1n) is 8.56. The Labute approximate surface area is 136 Å². The minimum Gasteiger partial charge on any atom is -0.332 e. The van der Waals surface area contributed by atoms with E-state index in [9.17, 15) is 14.9 Å². The van der Waals surface area contributed by atoms with Crippen LogP contribution in [0.5, 0.6) is 0 Å². The van der Waals surface area contributed by atoms with Gasteiger partial charge in [-0.25, -0.2) is 4.98 Å². The molecule has 0 spiro atoms. The van der Waals surface area contributed by atoms with E-state index >= 15 is 0 Å². The van der Waals surface area contributed by atoms with E-state index in [1.165, 1.54) is 31.9 Å². The Balaban J connectivity index is 1.72. The topological polar surface area (TPSA) is 75.8 Å². The monoisotopic (exact) mass is 313 g/mol. The lowest BCUT2D eigenvalue weighted by molar-refractivity contribution is -0.126. The van der Waals surface area contributed by atoms with Gasteiger partial charge in [-0.15, -0.1) is 0 Å². The summed E-state index contributed by atoms with van der Waals surface area (Å²) in [5.41, 5.74) is 0. The molecule has 0 aliphatic heterocycles. The predicted molar refractivity (Wildman–Crippen MR) is 84.4 cm³/mol. The molecule has 2 fully saturated rings. The Morgan fingerprint density at radius 2 is 2.00 bits per heavy atom. The molecule has 2 saturated carbocycles. The number of imidazole rings is 1. The Morgan fingerprint density at radius 1 is 1.26 bits per heavy atom. The van der Waals surface area contributed by atoms with Crippen LogP contribution >= 0.6 is 0 Å². The highest BCUT2D eigenvalue weighted by Gasteiger charge is 2.40. The summed E-state index contributed by atoms with van der Waals surface area (Å²) in [7, 11) is 1.70. The molecule has 0 unspecified atom stereocenters. The van der Waals surface area contributed by atoms with Gasteiger partial charge in [0, 0.05) is 25.4 Å². The zero-order valence-electron chi connectivity index (χ0n) is 13.6. The summed E-state index contributed by atoms with van der Waals surface area (Å²) in [6, 6.07) is 1.93. The number of aromatic nitrogens is 2. The number of nitriles is 1. The summed E-state index contributed by atoms with van der Waals surface area (Å²) in [5, 5.41) is 9.39. The number of aryl methyl sites for hydroxylation is 1. The standard InChI is InChI=1S/C18H23N3O2/c1-21-9-8-20-18(21)17(23)15(11-19)16(22)14-7-6-12-4-2-3-5-13(12)10-14/h8-9,12-15H,2-7,10H2,1H3/t12-,13-,14+,15+/m0/s1. The number of carbonyl (C=O) groups excluding carboxylic acids is 2. The van der Waals surface area contributed by atoms with E-state index in [1.807, 2.05) is 6.07 Å². The van der Waals surface area contributed by atoms with Gasteiger partial charge in [-0.3, -0.25) is 9.59 Å². The quantitative estimate of drug-likeness (QED) is 0.632. The summed E-state index contributed by atoms with van der Waals surface area (Å²) < 4.78 is 1.57. The van der Waals surface area contributed by atoms with E-state index in [-0.39, 0.29) is 17.5 Å². The van der Waals surface area contributed by atoms with Crippen LogP contribution in [0.2, 0.25) is 0 Å². The fraction of sp³-hybridized carbons (Fsp3) is 0.667. The SMILES string of the molecule is Cn1ccnc1C(=O)[C@H](C#N)C(=O)[C@@H]1CC[C@@H]2CCCC[C@H]2C1. The van der Waals surface area contributed by atoms with E-state index in [0.29, 0.717) is 5.92 Å². The maximum Gasteiger partial charge on any atom is 0.222 e. The third kappa shape index (κ3) is 3.08. The number of Topliss-reactive ketones (excluding diaryl/α,β-unsaturated/α-hetero) is 2. The molecule has 1 aromatic rings. The molecule has 0 bridgehead atoms. The van der Waals surface area contributed by atoms with E-state index in [1.54, 1.807) is 17.8 Å². The lowest BCUT2D eigenvalue weighted by Crippen LogP contribution is -2.36. The zero-order valence-corrected chi connectivity index (χ0v) is 13.6. The van der Waals surface area contributed by atoms with Crippen LogP contribution in [0.4, 0.5) is 0 Å². The number of fused-ring (bicyclic) bond motifs is 1. The molecule has 0 aromatic carbocycles. The molecule has 23 heavy (non-hydrogen) atoms. The van der Waals surface area contributed by atoms with E-state index < -0.39 is 11.7 Å². The molecular formula is C18H23N3O2. The van der Waals surface area contributed by atoms with Gasteiger partial charge in [0.05, 0.1) is 6.07 Å². The normalized spacial score (nSPS) is 28.4. The van der Waals surface area contributed by atoms with Crippen molar-refractivity contribution in [1.82, 2.24) is 9.55 Å². The maximum atomic E-state index is 12.8. The Morgan fingerprint density at radius 3 is 2.65 bits per heavy atom. The van der Waals surface area contributed by atoms with Gasteiger partial charge in [-0.1, -0.05) is 25.7 Å². The summed E-state index contributed by atoms with van der Waals surface area (Å²) in [4.78, 5) is 29.3. The molecule has 4 atom stereocenters. The second-order valence-corrected chi connectivity index (χ2v) is 7.01. The van der Waals surface area contributed by atoms with Gasteiger partial charge >= 0.3 is 0 Å². The van der Waals surface area contributed by atoms with Crippen LogP contribution < -0.4 is 0 Å². The molecule has 1 aromatic heterocycles. The van der Waals surface area contributed by atoms with Crippen molar-refractivity contribution in [3.05, 3.63) is 18.2 Å². The van der Waals surface area contributed by atoms with Crippen LogP contribution in [0, 0.1) is 35.0 Å². The molecular weight excluding hydrogens is 290 g/mol. The number of ketones is 2. The lowest BCUT2D eigenvalue weighted by Gasteiger charge is -2.39. The first-order valence-corrected chi connectivity index (χ1v) is 8.56. The van der Waals surface area contributed by atoms with E-state index in [2.05, 4.69) is 4.98 Å².